The Hall–Kier alpha value is -2.04. The third-order valence-electron chi connectivity index (χ3n) is 2.84. The van der Waals surface area contributed by atoms with Gasteiger partial charge in [-0.25, -0.2) is 0 Å². The summed E-state index contributed by atoms with van der Waals surface area (Å²) in [6.07, 6.45) is 0.301. The lowest BCUT2D eigenvalue weighted by atomic mass is 9.85. The second-order valence-electron chi connectivity index (χ2n) is 5.04. The molecular formula is C14H19NO4. The van der Waals surface area contributed by atoms with Crippen LogP contribution in [-0.4, -0.2) is 24.1 Å². The first kappa shape index (κ1) is 15.0. The van der Waals surface area contributed by atoms with Gasteiger partial charge in [0.2, 0.25) is 5.91 Å². The lowest BCUT2D eigenvalue weighted by molar-refractivity contribution is -0.146. The van der Waals surface area contributed by atoms with Gasteiger partial charge >= 0.3 is 5.97 Å². The first-order chi connectivity index (χ1) is 8.77. The number of ether oxygens (including phenoxy) is 1. The molecule has 0 spiro atoms. The van der Waals surface area contributed by atoms with Crippen molar-refractivity contribution in [1.82, 2.24) is 0 Å². The fraction of sp³-hybridized carbons (Fsp3) is 0.429. The first-order valence-electron chi connectivity index (χ1n) is 5.95. The van der Waals surface area contributed by atoms with Gasteiger partial charge in [-0.2, -0.15) is 0 Å². The van der Waals surface area contributed by atoms with Gasteiger partial charge in [-0.3, -0.25) is 9.59 Å². The summed E-state index contributed by atoms with van der Waals surface area (Å²) in [4.78, 5) is 22.4. The number of carbonyl (C=O) groups excluding carboxylic acids is 1. The van der Waals surface area contributed by atoms with Crippen LogP contribution in [0, 0.1) is 5.41 Å². The molecule has 0 radical (unpaired) electrons. The molecule has 0 aliphatic rings. The number of nitrogens with one attached hydrogen (secondary N) is 1. The Bertz CT molecular complexity index is 494. The predicted molar refractivity (Wildman–Crippen MR) is 72.4 cm³/mol. The van der Waals surface area contributed by atoms with E-state index in [-0.39, 0.29) is 5.91 Å². The van der Waals surface area contributed by atoms with Crippen LogP contribution in [0.25, 0.3) is 0 Å². The molecule has 0 saturated carbocycles. The van der Waals surface area contributed by atoms with E-state index >= 15 is 0 Å². The molecule has 0 aliphatic heterocycles. The van der Waals surface area contributed by atoms with E-state index in [1.165, 1.54) is 14.0 Å². The predicted octanol–water partition coefficient (Wildman–Crippen LogP) is 2.31. The highest BCUT2D eigenvalue weighted by Gasteiger charge is 2.29. The van der Waals surface area contributed by atoms with E-state index in [4.69, 9.17) is 4.74 Å². The second kappa shape index (κ2) is 5.73. The van der Waals surface area contributed by atoms with Crippen LogP contribution in [-0.2, 0) is 16.0 Å². The summed E-state index contributed by atoms with van der Waals surface area (Å²) in [6.45, 7) is 4.69. The minimum absolute atomic E-state index is 0.223. The molecule has 5 heteroatoms. The molecule has 2 N–H and O–H groups in total. The van der Waals surface area contributed by atoms with Gasteiger partial charge in [0.1, 0.15) is 5.75 Å². The van der Waals surface area contributed by atoms with Crippen molar-refractivity contribution in [2.45, 2.75) is 27.2 Å². The summed E-state index contributed by atoms with van der Waals surface area (Å²) in [5, 5.41) is 11.9. The number of hydrogen-bond donors (Lipinski definition) is 2. The van der Waals surface area contributed by atoms with Gasteiger partial charge in [-0.05, 0) is 31.9 Å². The zero-order chi connectivity index (χ0) is 14.6. The normalized spacial score (nSPS) is 10.9. The lowest BCUT2D eigenvalue weighted by Gasteiger charge is -2.22. The monoisotopic (exact) mass is 265 g/mol. The third kappa shape index (κ3) is 3.71. The van der Waals surface area contributed by atoms with Gasteiger partial charge in [-0.1, -0.05) is 12.1 Å². The maximum Gasteiger partial charge on any atom is 0.309 e. The number of aliphatic carboxylic acids is 1. The summed E-state index contributed by atoms with van der Waals surface area (Å²) in [5.74, 6) is -0.586. The molecule has 0 saturated heterocycles. The second-order valence-corrected chi connectivity index (χ2v) is 5.04. The number of carboxylic acids is 1. The van der Waals surface area contributed by atoms with Crippen LogP contribution >= 0.6 is 0 Å². The van der Waals surface area contributed by atoms with E-state index in [1.54, 1.807) is 32.0 Å². The summed E-state index contributed by atoms with van der Waals surface area (Å²) in [7, 11) is 1.51. The molecule has 0 heterocycles. The van der Waals surface area contributed by atoms with Crippen molar-refractivity contribution in [3.05, 3.63) is 23.8 Å². The number of rotatable bonds is 5. The van der Waals surface area contributed by atoms with Crippen LogP contribution in [0.5, 0.6) is 5.75 Å². The number of methoxy groups -OCH3 is 1. The number of carboxylic acid groups (broad SMARTS) is 1. The van der Waals surface area contributed by atoms with E-state index in [2.05, 4.69) is 5.32 Å². The zero-order valence-corrected chi connectivity index (χ0v) is 11.6. The molecule has 104 valence electrons. The quantitative estimate of drug-likeness (QED) is 0.856. The molecule has 1 aromatic rings. The molecule has 1 amide bonds. The minimum atomic E-state index is -0.917. The maximum atomic E-state index is 11.3. The standard InChI is InChI=1S/C14H19NO4/c1-9(16)15-12-10(6-5-7-11(12)19-4)8-14(2,3)13(17)18/h5-7H,8H2,1-4H3,(H,15,16)(H,17,18). The van der Waals surface area contributed by atoms with Crippen molar-refractivity contribution in [3.63, 3.8) is 0 Å². The van der Waals surface area contributed by atoms with E-state index in [9.17, 15) is 14.7 Å². The largest absolute Gasteiger partial charge is 0.495 e. The van der Waals surface area contributed by atoms with Gasteiger partial charge in [0.15, 0.2) is 0 Å². The SMILES string of the molecule is COc1cccc(CC(C)(C)C(=O)O)c1NC(C)=O. The molecule has 0 unspecified atom stereocenters. The fourth-order valence-corrected chi connectivity index (χ4v) is 1.76. The van der Waals surface area contributed by atoms with Crippen molar-refractivity contribution < 1.29 is 19.4 Å². The molecule has 0 atom stereocenters. The topological polar surface area (TPSA) is 75.6 Å². The average molecular weight is 265 g/mol. The smallest absolute Gasteiger partial charge is 0.309 e. The third-order valence-corrected chi connectivity index (χ3v) is 2.84. The molecule has 0 fully saturated rings. The average Bonchev–Trinajstić information content (AvgIpc) is 2.30. The minimum Gasteiger partial charge on any atom is -0.495 e. The van der Waals surface area contributed by atoms with E-state index < -0.39 is 11.4 Å². The molecular weight excluding hydrogens is 246 g/mol. The first-order valence-corrected chi connectivity index (χ1v) is 5.95. The summed E-state index contributed by atoms with van der Waals surface area (Å²) in [5.41, 5.74) is 0.355. The number of benzene rings is 1. The highest BCUT2D eigenvalue weighted by atomic mass is 16.5. The van der Waals surface area contributed by atoms with E-state index in [0.717, 1.165) is 5.56 Å². The lowest BCUT2D eigenvalue weighted by Crippen LogP contribution is -2.27. The Labute approximate surface area is 112 Å². The van der Waals surface area contributed by atoms with Crippen molar-refractivity contribution in [2.75, 3.05) is 12.4 Å². The van der Waals surface area contributed by atoms with Crippen LogP contribution in [0.1, 0.15) is 26.3 Å². The molecule has 1 aromatic carbocycles. The van der Waals surface area contributed by atoms with Crippen LogP contribution in [0.2, 0.25) is 0 Å². The zero-order valence-electron chi connectivity index (χ0n) is 11.6. The van der Waals surface area contributed by atoms with Crippen LogP contribution < -0.4 is 10.1 Å². The number of carbonyl (C=O) groups is 2. The number of amides is 1. The van der Waals surface area contributed by atoms with Crippen molar-refractivity contribution in [3.8, 4) is 5.75 Å². The Morgan fingerprint density at radius 3 is 2.47 bits per heavy atom. The van der Waals surface area contributed by atoms with Crippen molar-refractivity contribution >= 4 is 17.6 Å². The van der Waals surface area contributed by atoms with E-state index in [0.29, 0.717) is 17.9 Å². The molecule has 19 heavy (non-hydrogen) atoms. The van der Waals surface area contributed by atoms with Crippen LogP contribution in [0.3, 0.4) is 0 Å². The van der Waals surface area contributed by atoms with Crippen molar-refractivity contribution in [1.29, 1.82) is 0 Å². The Kier molecular flexibility index (Phi) is 4.53. The maximum absolute atomic E-state index is 11.3. The molecule has 0 aromatic heterocycles. The van der Waals surface area contributed by atoms with Crippen LogP contribution in [0.4, 0.5) is 5.69 Å². The molecule has 0 bridgehead atoms. The Morgan fingerprint density at radius 2 is 2.00 bits per heavy atom. The number of anilines is 1. The van der Waals surface area contributed by atoms with E-state index in [1.807, 2.05) is 0 Å². The molecule has 0 aliphatic carbocycles. The van der Waals surface area contributed by atoms with Gasteiger partial charge in [0.05, 0.1) is 18.2 Å². The summed E-state index contributed by atoms with van der Waals surface area (Å²) >= 11 is 0. The Morgan fingerprint density at radius 1 is 1.37 bits per heavy atom. The van der Waals surface area contributed by atoms with Crippen LogP contribution in [0.15, 0.2) is 18.2 Å². The molecule has 1 rings (SSSR count). The fourth-order valence-electron chi connectivity index (χ4n) is 1.76. The highest BCUT2D eigenvalue weighted by Crippen LogP contribution is 2.33. The van der Waals surface area contributed by atoms with Gasteiger partial charge in [-0.15, -0.1) is 0 Å². The Balaban J connectivity index is 3.19. The number of hydrogen-bond acceptors (Lipinski definition) is 3. The highest BCUT2D eigenvalue weighted by molar-refractivity contribution is 5.91. The van der Waals surface area contributed by atoms with Crippen molar-refractivity contribution in [2.24, 2.45) is 5.41 Å². The van der Waals surface area contributed by atoms with Gasteiger partial charge in [0, 0.05) is 6.92 Å². The summed E-state index contributed by atoms with van der Waals surface area (Å²) in [6, 6.07) is 5.29. The van der Waals surface area contributed by atoms with Gasteiger partial charge < -0.3 is 15.2 Å². The molecule has 5 nitrogen and oxygen atoms in total. The van der Waals surface area contributed by atoms with Gasteiger partial charge in [0.25, 0.3) is 0 Å². The summed E-state index contributed by atoms with van der Waals surface area (Å²) < 4.78 is 5.20. The number of para-hydroxylation sites is 1.